The Hall–Kier alpha value is -4.22. The van der Waals surface area contributed by atoms with Crippen LogP contribution in [0.2, 0.25) is 0 Å². The highest BCUT2D eigenvalue weighted by Gasteiger charge is 2.27. The number of carbonyl (C=O) groups excluding carboxylic acids is 1. The Labute approximate surface area is 205 Å². The number of ketones is 1. The van der Waals surface area contributed by atoms with E-state index in [1.165, 1.54) is 50.6 Å². The number of allylic oxidation sites excluding steroid dienone is 1. The molecule has 0 spiro atoms. The molecule has 12 heteroatoms. The van der Waals surface area contributed by atoms with Crippen molar-refractivity contribution in [1.29, 1.82) is 0 Å². The van der Waals surface area contributed by atoms with E-state index in [0.717, 1.165) is 12.1 Å². The zero-order chi connectivity index (χ0) is 27.3. The van der Waals surface area contributed by atoms with Crippen molar-refractivity contribution in [3.63, 3.8) is 0 Å². The number of hydrogen-bond acceptors (Lipinski definition) is 5. The molecule has 0 fully saturated rings. The molecule has 3 aromatic carbocycles. The summed E-state index contributed by atoms with van der Waals surface area (Å²) in [4.78, 5) is 12.5. The molecule has 0 saturated heterocycles. The molecule has 196 valence electrons. The van der Waals surface area contributed by atoms with Gasteiger partial charge in [-0.2, -0.15) is 17.6 Å². The van der Waals surface area contributed by atoms with Gasteiger partial charge in [-0.05, 0) is 42.0 Å². The molecular weight excluding hydrogens is 513 g/mol. The number of carbonyl (C=O) groups is 1. The summed E-state index contributed by atoms with van der Waals surface area (Å²) >= 11 is 0. The standard InChI is InChI=1S/C25H17F7O5/c1-34-16-7-4-12(3-6-15(33)13-5-8-17(37-25(31)32)18(10-13)35-2)9-14(16)11-36-24-22(29)20(27)19(26)21(28)23(24)30/h3-10,25H,11H2,1-2H3/b6-3+. The third-order valence-electron chi connectivity index (χ3n) is 4.94. The molecule has 0 aliphatic rings. The molecule has 0 N–H and O–H groups in total. The van der Waals surface area contributed by atoms with Crippen LogP contribution in [0, 0.1) is 29.1 Å². The van der Waals surface area contributed by atoms with E-state index < -0.39 is 53.8 Å². The van der Waals surface area contributed by atoms with E-state index in [1.807, 2.05) is 0 Å². The minimum Gasteiger partial charge on any atom is -0.496 e. The molecule has 3 rings (SSSR count). The van der Waals surface area contributed by atoms with Crippen LogP contribution in [-0.2, 0) is 6.61 Å². The van der Waals surface area contributed by atoms with Gasteiger partial charge in [0.25, 0.3) is 0 Å². The first-order valence-corrected chi connectivity index (χ1v) is 10.2. The number of benzene rings is 3. The Kier molecular flexibility index (Phi) is 8.64. The summed E-state index contributed by atoms with van der Waals surface area (Å²) < 4.78 is 112. The molecule has 0 heterocycles. The lowest BCUT2D eigenvalue weighted by Gasteiger charge is -2.13. The van der Waals surface area contributed by atoms with Gasteiger partial charge in [-0.1, -0.05) is 12.1 Å². The Balaban J connectivity index is 1.82. The fourth-order valence-corrected chi connectivity index (χ4v) is 3.16. The number of alkyl halides is 2. The fraction of sp³-hybridized carbons (Fsp3) is 0.160. The summed E-state index contributed by atoms with van der Waals surface area (Å²) in [6, 6.07) is 7.96. The molecule has 0 saturated carbocycles. The summed E-state index contributed by atoms with van der Waals surface area (Å²) in [6.45, 7) is -3.72. The topological polar surface area (TPSA) is 54.0 Å². The van der Waals surface area contributed by atoms with Gasteiger partial charge in [-0.25, -0.2) is 13.2 Å². The van der Waals surface area contributed by atoms with E-state index in [-0.39, 0.29) is 28.4 Å². The first kappa shape index (κ1) is 27.4. The van der Waals surface area contributed by atoms with E-state index >= 15 is 0 Å². The SMILES string of the molecule is COc1ccc(/C=C/C(=O)c2ccc(OC(F)F)c(OC)c2)cc1COc1c(F)c(F)c(F)c(F)c1F. The van der Waals surface area contributed by atoms with E-state index in [0.29, 0.717) is 5.56 Å². The van der Waals surface area contributed by atoms with Gasteiger partial charge in [0.1, 0.15) is 12.4 Å². The molecule has 0 aliphatic carbocycles. The van der Waals surface area contributed by atoms with Gasteiger partial charge >= 0.3 is 6.61 Å². The van der Waals surface area contributed by atoms with Gasteiger partial charge in [0, 0.05) is 11.1 Å². The van der Waals surface area contributed by atoms with Gasteiger partial charge in [0.2, 0.25) is 29.1 Å². The number of halogens is 7. The third-order valence-corrected chi connectivity index (χ3v) is 4.94. The molecule has 5 nitrogen and oxygen atoms in total. The summed E-state index contributed by atoms with van der Waals surface area (Å²) in [5.74, 6) is -13.0. The van der Waals surface area contributed by atoms with Gasteiger partial charge < -0.3 is 18.9 Å². The summed E-state index contributed by atoms with van der Waals surface area (Å²) in [7, 11) is 2.50. The second-order valence-electron chi connectivity index (χ2n) is 7.20. The monoisotopic (exact) mass is 530 g/mol. The molecule has 0 amide bonds. The lowest BCUT2D eigenvalue weighted by Crippen LogP contribution is -2.07. The van der Waals surface area contributed by atoms with Gasteiger partial charge in [0.15, 0.2) is 23.0 Å². The number of methoxy groups -OCH3 is 2. The van der Waals surface area contributed by atoms with Crippen LogP contribution < -0.4 is 18.9 Å². The van der Waals surface area contributed by atoms with Crippen molar-refractivity contribution in [2.75, 3.05) is 14.2 Å². The number of hydrogen-bond donors (Lipinski definition) is 0. The predicted octanol–water partition coefficient (Wildman–Crippen LogP) is 6.48. The van der Waals surface area contributed by atoms with Crippen LogP contribution in [0.3, 0.4) is 0 Å². The van der Waals surface area contributed by atoms with Crippen LogP contribution in [-0.4, -0.2) is 26.6 Å². The largest absolute Gasteiger partial charge is 0.496 e. The molecule has 0 atom stereocenters. The summed E-state index contributed by atoms with van der Waals surface area (Å²) in [5, 5.41) is 0. The van der Waals surface area contributed by atoms with Crippen molar-refractivity contribution in [2.45, 2.75) is 13.2 Å². The molecule has 3 aromatic rings. The second-order valence-corrected chi connectivity index (χ2v) is 7.20. The average molecular weight is 530 g/mol. The molecule has 0 unspecified atom stereocenters. The molecule has 0 bridgehead atoms. The van der Waals surface area contributed by atoms with Gasteiger partial charge in [0.05, 0.1) is 14.2 Å². The third kappa shape index (κ3) is 6.13. The number of rotatable bonds is 10. The maximum absolute atomic E-state index is 13.9. The molecule has 0 aliphatic heterocycles. The van der Waals surface area contributed by atoms with Crippen molar-refractivity contribution in [3.8, 4) is 23.0 Å². The van der Waals surface area contributed by atoms with Gasteiger partial charge in [-0.15, -0.1) is 0 Å². The van der Waals surface area contributed by atoms with E-state index in [4.69, 9.17) is 14.2 Å². The highest BCUT2D eigenvalue weighted by atomic mass is 19.3. The lowest BCUT2D eigenvalue weighted by molar-refractivity contribution is -0.0512. The fourth-order valence-electron chi connectivity index (χ4n) is 3.16. The Morgan fingerprint density at radius 3 is 2.00 bits per heavy atom. The van der Waals surface area contributed by atoms with Crippen LogP contribution in [0.4, 0.5) is 30.7 Å². The Morgan fingerprint density at radius 1 is 0.811 bits per heavy atom. The maximum atomic E-state index is 13.9. The van der Waals surface area contributed by atoms with Crippen molar-refractivity contribution >= 4 is 11.9 Å². The minimum absolute atomic E-state index is 0.0865. The predicted molar refractivity (Wildman–Crippen MR) is 117 cm³/mol. The van der Waals surface area contributed by atoms with Crippen LogP contribution in [0.5, 0.6) is 23.0 Å². The van der Waals surface area contributed by atoms with Crippen LogP contribution in [0.15, 0.2) is 42.5 Å². The molecular formula is C25H17F7O5. The van der Waals surface area contributed by atoms with E-state index in [9.17, 15) is 35.5 Å². The van der Waals surface area contributed by atoms with Gasteiger partial charge in [-0.3, -0.25) is 4.79 Å². The highest BCUT2D eigenvalue weighted by Crippen LogP contribution is 2.32. The molecule has 0 aromatic heterocycles. The summed E-state index contributed by atoms with van der Waals surface area (Å²) in [5.41, 5.74) is 0.643. The summed E-state index contributed by atoms with van der Waals surface area (Å²) in [6.07, 6.45) is 2.51. The van der Waals surface area contributed by atoms with Crippen molar-refractivity contribution in [2.24, 2.45) is 0 Å². The molecule has 0 radical (unpaired) electrons. The minimum atomic E-state index is -3.09. The Bertz CT molecular complexity index is 1310. The lowest BCUT2D eigenvalue weighted by atomic mass is 10.1. The zero-order valence-electron chi connectivity index (χ0n) is 19.1. The normalized spacial score (nSPS) is 11.2. The van der Waals surface area contributed by atoms with Crippen LogP contribution in [0.1, 0.15) is 21.5 Å². The maximum Gasteiger partial charge on any atom is 0.387 e. The smallest absolute Gasteiger partial charge is 0.387 e. The first-order valence-electron chi connectivity index (χ1n) is 10.2. The molecule has 37 heavy (non-hydrogen) atoms. The first-order chi connectivity index (χ1) is 17.6. The van der Waals surface area contributed by atoms with E-state index in [1.54, 1.807) is 0 Å². The number of ether oxygens (including phenoxy) is 4. The van der Waals surface area contributed by atoms with Crippen LogP contribution >= 0.6 is 0 Å². The zero-order valence-corrected chi connectivity index (χ0v) is 19.1. The average Bonchev–Trinajstić information content (AvgIpc) is 2.89. The quantitative estimate of drug-likeness (QED) is 0.0989. The van der Waals surface area contributed by atoms with E-state index in [2.05, 4.69) is 4.74 Å². The second kappa shape index (κ2) is 11.7. The van der Waals surface area contributed by atoms with Crippen molar-refractivity contribution in [1.82, 2.24) is 0 Å². The Morgan fingerprint density at radius 2 is 1.41 bits per heavy atom. The van der Waals surface area contributed by atoms with Crippen molar-refractivity contribution < 1.29 is 54.5 Å². The highest BCUT2D eigenvalue weighted by molar-refractivity contribution is 6.07. The van der Waals surface area contributed by atoms with Crippen LogP contribution in [0.25, 0.3) is 6.08 Å². The van der Waals surface area contributed by atoms with Crippen molar-refractivity contribution in [3.05, 3.63) is 88.3 Å².